The van der Waals surface area contributed by atoms with Crippen molar-refractivity contribution in [2.24, 2.45) is 10.9 Å². The Labute approximate surface area is 114 Å². The topological polar surface area (TPSA) is 60.1 Å². The number of benzene rings is 1. The summed E-state index contributed by atoms with van der Waals surface area (Å²) in [6, 6.07) is 6.05. The molecule has 0 spiro atoms. The standard InChI is InChI=1S/C14H21N3O2/c1-11(16-15)12-3-4-14(18-2)13(9-12)10-17-5-7-19-8-6-17/h3-4,9H,5-8,10,15H2,1-2H3. The number of hydrazone groups is 1. The van der Waals surface area contributed by atoms with Gasteiger partial charge < -0.3 is 15.3 Å². The van der Waals surface area contributed by atoms with E-state index in [1.54, 1.807) is 7.11 Å². The van der Waals surface area contributed by atoms with E-state index >= 15 is 0 Å². The van der Waals surface area contributed by atoms with Crippen LogP contribution in [0.1, 0.15) is 18.1 Å². The molecule has 0 atom stereocenters. The predicted molar refractivity (Wildman–Crippen MR) is 75.5 cm³/mol. The first kappa shape index (κ1) is 13.8. The molecule has 0 radical (unpaired) electrons. The van der Waals surface area contributed by atoms with Gasteiger partial charge in [-0.1, -0.05) is 0 Å². The lowest BCUT2D eigenvalue weighted by atomic mass is 10.1. The average molecular weight is 263 g/mol. The molecule has 0 saturated carbocycles. The van der Waals surface area contributed by atoms with E-state index in [1.807, 2.05) is 19.1 Å². The molecule has 1 aromatic rings. The van der Waals surface area contributed by atoms with Crippen molar-refractivity contribution in [1.29, 1.82) is 0 Å². The summed E-state index contributed by atoms with van der Waals surface area (Å²) in [5, 5.41) is 3.74. The third-order valence-electron chi connectivity index (χ3n) is 3.39. The van der Waals surface area contributed by atoms with Gasteiger partial charge in [-0.2, -0.15) is 5.10 Å². The minimum absolute atomic E-state index is 0.797. The summed E-state index contributed by atoms with van der Waals surface area (Å²) in [5.74, 6) is 6.24. The maximum atomic E-state index is 5.43. The number of hydrogen-bond donors (Lipinski definition) is 1. The number of ether oxygens (including phenoxy) is 2. The summed E-state index contributed by atoms with van der Waals surface area (Å²) < 4.78 is 10.8. The Morgan fingerprint density at radius 2 is 2.16 bits per heavy atom. The molecule has 1 fully saturated rings. The van der Waals surface area contributed by atoms with Crippen molar-refractivity contribution in [2.45, 2.75) is 13.5 Å². The second kappa shape index (κ2) is 6.54. The summed E-state index contributed by atoms with van der Waals surface area (Å²) in [4.78, 5) is 2.36. The number of rotatable bonds is 4. The number of morpholine rings is 1. The van der Waals surface area contributed by atoms with E-state index in [2.05, 4.69) is 16.1 Å². The van der Waals surface area contributed by atoms with Gasteiger partial charge in [-0.05, 0) is 30.7 Å². The zero-order valence-corrected chi connectivity index (χ0v) is 11.6. The van der Waals surface area contributed by atoms with Crippen LogP contribution < -0.4 is 10.6 Å². The highest BCUT2D eigenvalue weighted by Crippen LogP contribution is 2.22. The minimum Gasteiger partial charge on any atom is -0.496 e. The van der Waals surface area contributed by atoms with E-state index in [9.17, 15) is 0 Å². The van der Waals surface area contributed by atoms with Gasteiger partial charge in [0.2, 0.25) is 0 Å². The summed E-state index contributed by atoms with van der Waals surface area (Å²) in [7, 11) is 1.70. The first-order chi connectivity index (χ1) is 9.24. The van der Waals surface area contributed by atoms with Crippen LogP contribution in [0.25, 0.3) is 0 Å². The van der Waals surface area contributed by atoms with Crippen LogP contribution in [0.5, 0.6) is 5.75 Å². The molecular formula is C14H21N3O2. The van der Waals surface area contributed by atoms with E-state index in [-0.39, 0.29) is 0 Å². The summed E-state index contributed by atoms with van der Waals surface area (Å²) in [6.07, 6.45) is 0. The van der Waals surface area contributed by atoms with Gasteiger partial charge in [-0.3, -0.25) is 4.90 Å². The minimum atomic E-state index is 0.797. The van der Waals surface area contributed by atoms with Crippen molar-refractivity contribution in [2.75, 3.05) is 33.4 Å². The quantitative estimate of drug-likeness (QED) is 0.504. The maximum absolute atomic E-state index is 5.43. The van der Waals surface area contributed by atoms with Crippen LogP contribution in [-0.4, -0.2) is 44.0 Å². The maximum Gasteiger partial charge on any atom is 0.123 e. The van der Waals surface area contributed by atoms with Crippen molar-refractivity contribution in [3.63, 3.8) is 0 Å². The van der Waals surface area contributed by atoms with Crippen LogP contribution in [0, 0.1) is 0 Å². The Morgan fingerprint density at radius 3 is 2.79 bits per heavy atom. The third kappa shape index (κ3) is 3.45. The lowest BCUT2D eigenvalue weighted by Gasteiger charge is -2.27. The fourth-order valence-electron chi connectivity index (χ4n) is 2.20. The average Bonchev–Trinajstić information content (AvgIpc) is 2.47. The van der Waals surface area contributed by atoms with Gasteiger partial charge in [0.05, 0.1) is 26.0 Å². The highest BCUT2D eigenvalue weighted by Gasteiger charge is 2.14. The number of nitrogens with two attached hydrogens (primary N) is 1. The third-order valence-corrected chi connectivity index (χ3v) is 3.39. The normalized spacial score (nSPS) is 17.5. The molecule has 5 nitrogen and oxygen atoms in total. The first-order valence-corrected chi connectivity index (χ1v) is 6.46. The Hall–Kier alpha value is -1.59. The Morgan fingerprint density at radius 1 is 1.42 bits per heavy atom. The zero-order valence-electron chi connectivity index (χ0n) is 11.6. The van der Waals surface area contributed by atoms with E-state index in [0.29, 0.717) is 0 Å². The molecular weight excluding hydrogens is 242 g/mol. The molecule has 0 aliphatic carbocycles. The van der Waals surface area contributed by atoms with Gasteiger partial charge in [0, 0.05) is 25.2 Å². The van der Waals surface area contributed by atoms with E-state index in [4.69, 9.17) is 15.3 Å². The van der Waals surface area contributed by atoms with Gasteiger partial charge in [0.1, 0.15) is 5.75 Å². The van der Waals surface area contributed by atoms with Gasteiger partial charge in [-0.15, -0.1) is 0 Å². The number of hydrogen-bond acceptors (Lipinski definition) is 5. The Bertz CT molecular complexity index is 454. The molecule has 1 aliphatic heterocycles. The molecule has 1 aliphatic rings. The fourth-order valence-corrected chi connectivity index (χ4v) is 2.20. The van der Waals surface area contributed by atoms with E-state index in [0.717, 1.165) is 55.4 Å². The molecule has 1 saturated heterocycles. The molecule has 1 heterocycles. The molecule has 0 aromatic heterocycles. The molecule has 1 aromatic carbocycles. The van der Waals surface area contributed by atoms with Crippen molar-refractivity contribution in [3.8, 4) is 5.75 Å². The SMILES string of the molecule is COc1ccc(C(C)=NN)cc1CN1CCOCC1. The van der Waals surface area contributed by atoms with Gasteiger partial charge >= 0.3 is 0 Å². The van der Waals surface area contributed by atoms with Crippen LogP contribution in [0.15, 0.2) is 23.3 Å². The van der Waals surface area contributed by atoms with E-state index < -0.39 is 0 Å². The van der Waals surface area contributed by atoms with Crippen molar-refractivity contribution in [3.05, 3.63) is 29.3 Å². The highest BCUT2D eigenvalue weighted by molar-refractivity contribution is 5.98. The number of nitrogens with zero attached hydrogens (tertiary/aromatic N) is 2. The van der Waals surface area contributed by atoms with Crippen molar-refractivity contribution < 1.29 is 9.47 Å². The van der Waals surface area contributed by atoms with Crippen LogP contribution in [0.3, 0.4) is 0 Å². The smallest absolute Gasteiger partial charge is 0.123 e. The molecule has 5 heteroatoms. The van der Waals surface area contributed by atoms with Gasteiger partial charge in [-0.25, -0.2) is 0 Å². The number of methoxy groups -OCH3 is 1. The first-order valence-electron chi connectivity index (χ1n) is 6.46. The highest BCUT2D eigenvalue weighted by atomic mass is 16.5. The van der Waals surface area contributed by atoms with Crippen LogP contribution in [-0.2, 0) is 11.3 Å². The summed E-state index contributed by atoms with van der Waals surface area (Å²) in [6.45, 7) is 6.27. The molecule has 19 heavy (non-hydrogen) atoms. The Balaban J connectivity index is 2.20. The van der Waals surface area contributed by atoms with Crippen molar-refractivity contribution in [1.82, 2.24) is 4.90 Å². The van der Waals surface area contributed by atoms with Crippen molar-refractivity contribution >= 4 is 5.71 Å². The second-order valence-electron chi connectivity index (χ2n) is 4.63. The molecule has 0 unspecified atom stereocenters. The van der Waals surface area contributed by atoms with Crippen LogP contribution in [0.2, 0.25) is 0 Å². The fraction of sp³-hybridized carbons (Fsp3) is 0.500. The molecule has 2 rings (SSSR count). The summed E-state index contributed by atoms with van der Waals surface area (Å²) in [5.41, 5.74) is 3.02. The molecule has 2 N–H and O–H groups in total. The van der Waals surface area contributed by atoms with E-state index in [1.165, 1.54) is 0 Å². The predicted octanol–water partition coefficient (Wildman–Crippen LogP) is 1.21. The molecule has 104 valence electrons. The second-order valence-corrected chi connectivity index (χ2v) is 4.63. The lowest BCUT2D eigenvalue weighted by Crippen LogP contribution is -2.35. The van der Waals surface area contributed by atoms with Gasteiger partial charge in [0.25, 0.3) is 0 Å². The summed E-state index contributed by atoms with van der Waals surface area (Å²) >= 11 is 0. The molecule has 0 amide bonds. The molecule has 0 bridgehead atoms. The van der Waals surface area contributed by atoms with Crippen LogP contribution in [0.4, 0.5) is 0 Å². The monoisotopic (exact) mass is 263 g/mol. The van der Waals surface area contributed by atoms with Gasteiger partial charge in [0.15, 0.2) is 0 Å². The van der Waals surface area contributed by atoms with Crippen LogP contribution >= 0.6 is 0 Å². The Kier molecular flexibility index (Phi) is 4.76. The largest absolute Gasteiger partial charge is 0.496 e. The zero-order chi connectivity index (χ0) is 13.7. The lowest BCUT2D eigenvalue weighted by molar-refractivity contribution is 0.0339.